The fraction of sp³-hybridized carbons (Fsp3) is 0. The van der Waals surface area contributed by atoms with Crippen LogP contribution in [0, 0.1) is 11.6 Å². The van der Waals surface area contributed by atoms with E-state index in [0.717, 1.165) is 12.1 Å². The van der Waals surface area contributed by atoms with Crippen LogP contribution in [0.5, 0.6) is 0 Å². The van der Waals surface area contributed by atoms with Crippen molar-refractivity contribution in [3.05, 3.63) is 28.2 Å². The summed E-state index contributed by atoms with van der Waals surface area (Å²) in [5.74, 6) is -2.10. The maximum absolute atomic E-state index is 13.0. The van der Waals surface area contributed by atoms with Crippen molar-refractivity contribution in [2.24, 2.45) is 5.14 Å². The average Bonchev–Trinajstić information content (AvgIpc) is 1.98. The standard InChI is InChI=1S/C6H4BrF2NO2S/c7-5-3(8)1-2-4(6(5)9)13(10,11)12/h1-2H,(H2,10,11,12). The second-order valence-corrected chi connectivity index (χ2v) is 4.54. The zero-order valence-electron chi connectivity index (χ0n) is 6.09. The van der Waals surface area contributed by atoms with Crippen molar-refractivity contribution in [2.75, 3.05) is 0 Å². The summed E-state index contributed by atoms with van der Waals surface area (Å²) in [6.07, 6.45) is 0. The number of nitrogens with two attached hydrogens (primary N) is 1. The SMILES string of the molecule is NS(=O)(=O)c1ccc(F)c(Br)c1F. The third-order valence-electron chi connectivity index (χ3n) is 1.31. The van der Waals surface area contributed by atoms with Crippen LogP contribution in [0.25, 0.3) is 0 Å². The van der Waals surface area contributed by atoms with Crippen molar-refractivity contribution in [1.29, 1.82) is 0 Å². The Morgan fingerprint density at radius 2 is 1.85 bits per heavy atom. The monoisotopic (exact) mass is 271 g/mol. The van der Waals surface area contributed by atoms with E-state index < -0.39 is 31.0 Å². The van der Waals surface area contributed by atoms with E-state index in [9.17, 15) is 17.2 Å². The molecule has 0 amide bonds. The quantitative estimate of drug-likeness (QED) is 0.785. The Bertz CT molecular complexity index is 446. The van der Waals surface area contributed by atoms with Gasteiger partial charge in [0.15, 0.2) is 5.82 Å². The normalized spacial score (nSPS) is 11.7. The van der Waals surface area contributed by atoms with Crippen molar-refractivity contribution in [3.63, 3.8) is 0 Å². The van der Waals surface area contributed by atoms with Crippen molar-refractivity contribution in [1.82, 2.24) is 0 Å². The minimum Gasteiger partial charge on any atom is -0.225 e. The zero-order valence-corrected chi connectivity index (χ0v) is 8.49. The van der Waals surface area contributed by atoms with Crippen molar-refractivity contribution in [2.45, 2.75) is 4.90 Å². The Morgan fingerprint density at radius 1 is 1.31 bits per heavy atom. The molecule has 0 unspecified atom stereocenters. The van der Waals surface area contributed by atoms with Crippen LogP contribution < -0.4 is 5.14 Å². The number of rotatable bonds is 1. The Kier molecular flexibility index (Phi) is 2.69. The van der Waals surface area contributed by atoms with E-state index in [1.165, 1.54) is 0 Å². The number of sulfonamides is 1. The molecule has 13 heavy (non-hydrogen) atoms. The summed E-state index contributed by atoms with van der Waals surface area (Å²) in [6, 6.07) is 1.58. The smallest absolute Gasteiger partial charge is 0.225 e. The lowest BCUT2D eigenvalue weighted by Crippen LogP contribution is -2.14. The molecule has 72 valence electrons. The van der Waals surface area contributed by atoms with E-state index in [1.54, 1.807) is 0 Å². The third kappa shape index (κ3) is 2.04. The summed E-state index contributed by atoms with van der Waals surface area (Å²) in [5.41, 5.74) is 0. The first-order valence-electron chi connectivity index (χ1n) is 3.00. The first kappa shape index (κ1) is 10.6. The Morgan fingerprint density at radius 3 is 2.31 bits per heavy atom. The van der Waals surface area contributed by atoms with Crippen molar-refractivity contribution >= 4 is 26.0 Å². The van der Waals surface area contributed by atoms with Gasteiger partial charge in [-0.1, -0.05) is 0 Å². The summed E-state index contributed by atoms with van der Waals surface area (Å²) >= 11 is 2.55. The highest BCUT2D eigenvalue weighted by atomic mass is 79.9. The molecule has 7 heteroatoms. The maximum atomic E-state index is 13.0. The van der Waals surface area contributed by atoms with Crippen LogP contribution >= 0.6 is 15.9 Å². The van der Waals surface area contributed by atoms with Gasteiger partial charge in [0.1, 0.15) is 10.7 Å². The van der Waals surface area contributed by atoms with Crippen LogP contribution in [0.15, 0.2) is 21.5 Å². The van der Waals surface area contributed by atoms with Gasteiger partial charge in [0.05, 0.1) is 4.47 Å². The molecule has 0 aromatic heterocycles. The molecule has 0 aliphatic heterocycles. The molecule has 2 N–H and O–H groups in total. The predicted molar refractivity (Wildman–Crippen MR) is 45.4 cm³/mol. The number of benzene rings is 1. The van der Waals surface area contributed by atoms with Crippen LogP contribution in [0.1, 0.15) is 0 Å². The van der Waals surface area contributed by atoms with Gasteiger partial charge in [-0.15, -0.1) is 0 Å². The van der Waals surface area contributed by atoms with Crippen LogP contribution in [0.2, 0.25) is 0 Å². The maximum Gasteiger partial charge on any atom is 0.241 e. The molecule has 3 nitrogen and oxygen atoms in total. The molecular weight excluding hydrogens is 268 g/mol. The topological polar surface area (TPSA) is 60.2 Å². The van der Waals surface area contributed by atoms with Gasteiger partial charge in [0.25, 0.3) is 0 Å². The molecule has 1 aromatic rings. The Hall–Kier alpha value is -0.530. The molecule has 1 aromatic carbocycles. The van der Waals surface area contributed by atoms with Crippen molar-refractivity contribution in [3.8, 4) is 0 Å². The molecule has 0 fully saturated rings. The summed E-state index contributed by atoms with van der Waals surface area (Å²) in [6.45, 7) is 0. The first-order valence-corrected chi connectivity index (χ1v) is 5.34. The highest BCUT2D eigenvalue weighted by Gasteiger charge is 2.18. The van der Waals surface area contributed by atoms with E-state index in [4.69, 9.17) is 0 Å². The lowest BCUT2D eigenvalue weighted by atomic mass is 10.3. The minimum absolute atomic E-state index is 0.543. The predicted octanol–water partition coefficient (Wildman–Crippen LogP) is 1.37. The lowest BCUT2D eigenvalue weighted by molar-refractivity contribution is 0.541. The van der Waals surface area contributed by atoms with E-state index >= 15 is 0 Å². The lowest BCUT2D eigenvalue weighted by Gasteiger charge is -2.02. The molecular formula is C6H4BrF2NO2S. The fourth-order valence-corrected chi connectivity index (χ4v) is 1.81. The molecule has 0 atom stereocenters. The van der Waals surface area contributed by atoms with Crippen LogP contribution in [-0.4, -0.2) is 8.42 Å². The molecule has 0 radical (unpaired) electrons. The van der Waals surface area contributed by atoms with Gasteiger partial charge in [0.2, 0.25) is 10.0 Å². The van der Waals surface area contributed by atoms with Crippen LogP contribution in [-0.2, 0) is 10.0 Å². The highest BCUT2D eigenvalue weighted by Crippen LogP contribution is 2.24. The minimum atomic E-state index is -4.14. The molecule has 0 bridgehead atoms. The first-order chi connectivity index (χ1) is 5.84. The third-order valence-corrected chi connectivity index (χ3v) is 2.96. The number of hydrogen-bond donors (Lipinski definition) is 1. The van der Waals surface area contributed by atoms with Gasteiger partial charge in [-0.25, -0.2) is 22.3 Å². The van der Waals surface area contributed by atoms with Gasteiger partial charge in [-0.2, -0.15) is 0 Å². The van der Waals surface area contributed by atoms with Gasteiger partial charge in [0, 0.05) is 0 Å². The average molecular weight is 272 g/mol. The molecule has 1 rings (SSSR count). The number of primary sulfonamides is 1. The second kappa shape index (κ2) is 3.32. The van der Waals surface area contributed by atoms with Gasteiger partial charge < -0.3 is 0 Å². The van der Waals surface area contributed by atoms with Gasteiger partial charge >= 0.3 is 0 Å². The molecule has 0 heterocycles. The highest BCUT2D eigenvalue weighted by molar-refractivity contribution is 9.10. The van der Waals surface area contributed by atoms with Crippen LogP contribution in [0.4, 0.5) is 8.78 Å². The van der Waals surface area contributed by atoms with Crippen LogP contribution in [0.3, 0.4) is 0 Å². The summed E-state index contributed by atoms with van der Waals surface area (Å²) < 4.78 is 46.5. The largest absolute Gasteiger partial charge is 0.241 e. The molecule has 0 saturated carbocycles. The summed E-state index contributed by atoms with van der Waals surface area (Å²) in [5, 5.41) is 4.67. The van der Waals surface area contributed by atoms with E-state index in [2.05, 4.69) is 21.1 Å². The van der Waals surface area contributed by atoms with Gasteiger partial charge in [-0.3, -0.25) is 0 Å². The van der Waals surface area contributed by atoms with Crippen molar-refractivity contribution < 1.29 is 17.2 Å². The van der Waals surface area contributed by atoms with E-state index in [1.807, 2.05) is 0 Å². The number of halogens is 3. The summed E-state index contributed by atoms with van der Waals surface area (Å²) in [4.78, 5) is -0.735. The molecule has 0 aliphatic rings. The Balaban J connectivity index is 3.53. The summed E-state index contributed by atoms with van der Waals surface area (Å²) in [7, 11) is -4.14. The van der Waals surface area contributed by atoms with E-state index in [0.29, 0.717) is 0 Å². The van der Waals surface area contributed by atoms with Gasteiger partial charge in [-0.05, 0) is 28.1 Å². The molecule has 0 spiro atoms. The van der Waals surface area contributed by atoms with E-state index in [-0.39, 0.29) is 0 Å². The Labute approximate surface area is 81.7 Å². The zero-order chi connectivity index (χ0) is 10.2. The number of hydrogen-bond acceptors (Lipinski definition) is 2. The molecule has 0 saturated heterocycles. The second-order valence-electron chi connectivity index (χ2n) is 2.22. The molecule has 0 aliphatic carbocycles. The fourth-order valence-electron chi connectivity index (χ4n) is 0.728.